The number of hydrogen-bond donors (Lipinski definition) is 0. The molecule has 21 heavy (non-hydrogen) atoms. The van der Waals surface area contributed by atoms with Crippen molar-refractivity contribution in [2.75, 3.05) is 24.6 Å². The van der Waals surface area contributed by atoms with Gasteiger partial charge in [-0.3, -0.25) is 4.90 Å². The van der Waals surface area contributed by atoms with Gasteiger partial charge in [0.15, 0.2) is 6.61 Å². The van der Waals surface area contributed by atoms with Gasteiger partial charge in [-0.05, 0) is 24.3 Å². The summed E-state index contributed by atoms with van der Waals surface area (Å²) in [6.07, 6.45) is -5.66. The van der Waals surface area contributed by atoms with E-state index in [0.29, 0.717) is 18.8 Å². The average molecular weight is 309 g/mol. The Morgan fingerprint density at radius 3 is 2.24 bits per heavy atom. The molecule has 1 saturated heterocycles. The molecular formula is C12H10F5N2O2. The summed E-state index contributed by atoms with van der Waals surface area (Å²) in [5, 5.41) is 3.64. The minimum atomic E-state index is -5.66. The number of hydrogen-bond acceptors (Lipinski definition) is 2. The van der Waals surface area contributed by atoms with E-state index in [1.54, 1.807) is 0 Å². The number of alkyl halides is 5. The molecule has 4 nitrogen and oxygen atoms in total. The Kier molecular flexibility index (Phi) is 3.93. The van der Waals surface area contributed by atoms with Gasteiger partial charge in [-0.25, -0.2) is 10.1 Å². The lowest BCUT2D eigenvalue weighted by Gasteiger charge is -2.20. The monoisotopic (exact) mass is 309 g/mol. The first-order valence-electron chi connectivity index (χ1n) is 5.87. The molecule has 0 N–H and O–H groups in total. The maximum absolute atomic E-state index is 12.7. The molecule has 1 aliphatic rings. The van der Waals surface area contributed by atoms with Crippen LogP contribution in [0.5, 0.6) is 5.75 Å². The second-order valence-corrected chi connectivity index (χ2v) is 4.30. The van der Waals surface area contributed by atoms with Crippen LogP contribution in [0.1, 0.15) is 0 Å². The summed E-state index contributed by atoms with van der Waals surface area (Å²) in [6.45, 7) is -1.05. The number of benzene rings is 1. The van der Waals surface area contributed by atoms with Gasteiger partial charge >= 0.3 is 18.1 Å². The van der Waals surface area contributed by atoms with Gasteiger partial charge in [0.1, 0.15) is 5.75 Å². The Morgan fingerprint density at radius 1 is 1.14 bits per heavy atom. The third-order valence-corrected chi connectivity index (χ3v) is 2.78. The number of nitrogens with zero attached hydrogens (tertiary/aromatic N) is 2. The molecule has 0 unspecified atom stereocenters. The van der Waals surface area contributed by atoms with E-state index in [1.165, 1.54) is 29.2 Å². The number of ether oxygens (including phenoxy) is 1. The largest absolute Gasteiger partial charge is 0.487 e. The van der Waals surface area contributed by atoms with Crippen LogP contribution >= 0.6 is 0 Å². The fourth-order valence-corrected chi connectivity index (χ4v) is 1.64. The SMILES string of the molecule is O=C1[N]CCN1c1ccc(OCC(F)(F)C(F)(F)F)cc1. The summed E-state index contributed by atoms with van der Waals surface area (Å²) >= 11 is 0. The lowest BCUT2D eigenvalue weighted by atomic mass is 10.3. The van der Waals surface area contributed by atoms with E-state index in [9.17, 15) is 26.7 Å². The molecule has 1 aliphatic heterocycles. The fourth-order valence-electron chi connectivity index (χ4n) is 1.64. The summed E-state index contributed by atoms with van der Waals surface area (Å²) < 4.78 is 65.7. The van der Waals surface area contributed by atoms with E-state index in [4.69, 9.17) is 0 Å². The molecule has 1 aromatic carbocycles. The molecule has 115 valence electrons. The number of amides is 2. The van der Waals surface area contributed by atoms with Gasteiger partial charge in [-0.2, -0.15) is 22.0 Å². The Bertz CT molecular complexity index is 515. The van der Waals surface area contributed by atoms with Gasteiger partial charge in [0.25, 0.3) is 0 Å². The van der Waals surface area contributed by atoms with Crippen molar-refractivity contribution in [3.05, 3.63) is 24.3 Å². The van der Waals surface area contributed by atoms with Crippen LogP contribution in [0.4, 0.5) is 32.4 Å². The standard InChI is InChI=1S/C12H10F5N2O2/c13-11(14,12(15,16)17)7-21-9-3-1-8(2-4-9)19-6-5-18-10(19)20/h1-4H,5-7H2. The van der Waals surface area contributed by atoms with Crippen LogP contribution in [0.15, 0.2) is 24.3 Å². The first kappa shape index (κ1) is 15.3. The van der Waals surface area contributed by atoms with Crippen molar-refractivity contribution >= 4 is 11.7 Å². The molecule has 1 fully saturated rings. The van der Waals surface area contributed by atoms with Gasteiger partial charge in [-0.1, -0.05) is 0 Å². The Hall–Kier alpha value is -2.06. The Labute approximate surface area is 116 Å². The van der Waals surface area contributed by atoms with Crippen LogP contribution in [0.3, 0.4) is 0 Å². The van der Waals surface area contributed by atoms with E-state index >= 15 is 0 Å². The number of urea groups is 1. The summed E-state index contributed by atoms with van der Waals surface area (Å²) in [5.74, 6) is -5.07. The molecule has 2 rings (SSSR count). The zero-order chi connectivity index (χ0) is 15.7. The van der Waals surface area contributed by atoms with Crippen molar-refractivity contribution < 1.29 is 31.5 Å². The van der Waals surface area contributed by atoms with Crippen LogP contribution in [-0.2, 0) is 0 Å². The molecule has 2 amide bonds. The lowest BCUT2D eigenvalue weighted by Crippen LogP contribution is -2.41. The van der Waals surface area contributed by atoms with E-state index in [0.717, 1.165) is 0 Å². The molecule has 0 aromatic heterocycles. The molecule has 9 heteroatoms. The third-order valence-electron chi connectivity index (χ3n) is 2.78. The van der Waals surface area contributed by atoms with Crippen molar-refractivity contribution in [2.45, 2.75) is 12.1 Å². The average Bonchev–Trinajstić information content (AvgIpc) is 2.82. The predicted molar refractivity (Wildman–Crippen MR) is 62.7 cm³/mol. The van der Waals surface area contributed by atoms with Gasteiger partial charge in [-0.15, -0.1) is 0 Å². The second-order valence-electron chi connectivity index (χ2n) is 4.30. The number of anilines is 1. The lowest BCUT2D eigenvalue weighted by molar-refractivity contribution is -0.290. The number of carbonyl (C=O) groups is 1. The second kappa shape index (κ2) is 5.38. The quantitative estimate of drug-likeness (QED) is 0.803. The zero-order valence-electron chi connectivity index (χ0n) is 10.5. The van der Waals surface area contributed by atoms with Crippen LogP contribution in [0.25, 0.3) is 0 Å². The molecule has 0 bridgehead atoms. The van der Waals surface area contributed by atoms with Gasteiger partial charge in [0, 0.05) is 12.2 Å². The highest BCUT2D eigenvalue weighted by molar-refractivity contribution is 5.93. The molecule has 0 saturated carbocycles. The van der Waals surface area contributed by atoms with E-state index in [2.05, 4.69) is 10.1 Å². The van der Waals surface area contributed by atoms with Crippen molar-refractivity contribution in [1.82, 2.24) is 5.32 Å². The Morgan fingerprint density at radius 2 is 1.76 bits per heavy atom. The molecular weight excluding hydrogens is 299 g/mol. The van der Waals surface area contributed by atoms with Crippen LogP contribution in [0, 0.1) is 0 Å². The van der Waals surface area contributed by atoms with Crippen LogP contribution < -0.4 is 15.0 Å². The summed E-state index contributed by atoms with van der Waals surface area (Å²) in [5.41, 5.74) is 0.469. The number of carbonyl (C=O) groups excluding carboxylic acids is 1. The maximum Gasteiger partial charge on any atom is 0.456 e. The van der Waals surface area contributed by atoms with Gasteiger partial charge < -0.3 is 4.74 Å². The summed E-state index contributed by atoms with van der Waals surface area (Å²) in [7, 11) is 0. The molecule has 1 radical (unpaired) electrons. The Balaban J connectivity index is 1.99. The zero-order valence-corrected chi connectivity index (χ0v) is 10.5. The smallest absolute Gasteiger partial charge is 0.456 e. The van der Waals surface area contributed by atoms with Crippen molar-refractivity contribution in [3.63, 3.8) is 0 Å². The molecule has 0 atom stereocenters. The van der Waals surface area contributed by atoms with Crippen molar-refractivity contribution in [3.8, 4) is 5.75 Å². The van der Waals surface area contributed by atoms with Gasteiger partial charge in [0.05, 0.1) is 6.54 Å². The van der Waals surface area contributed by atoms with Crippen LogP contribution in [-0.4, -0.2) is 37.8 Å². The highest BCUT2D eigenvalue weighted by Gasteiger charge is 2.58. The topological polar surface area (TPSA) is 43.6 Å². The normalized spacial score (nSPS) is 16.0. The first-order chi connectivity index (χ1) is 9.71. The minimum Gasteiger partial charge on any atom is -0.487 e. The van der Waals surface area contributed by atoms with Crippen LogP contribution in [0.2, 0.25) is 0 Å². The number of rotatable bonds is 4. The summed E-state index contributed by atoms with van der Waals surface area (Å²) in [4.78, 5) is 12.7. The van der Waals surface area contributed by atoms with Gasteiger partial charge in [0.2, 0.25) is 0 Å². The van der Waals surface area contributed by atoms with E-state index in [1.807, 2.05) is 0 Å². The minimum absolute atomic E-state index is 0.147. The predicted octanol–water partition coefficient (Wildman–Crippen LogP) is 2.81. The highest BCUT2D eigenvalue weighted by atomic mass is 19.4. The molecule has 0 spiro atoms. The molecule has 1 heterocycles. The van der Waals surface area contributed by atoms with E-state index < -0.39 is 24.7 Å². The number of halogens is 5. The molecule has 1 aromatic rings. The van der Waals surface area contributed by atoms with Crippen molar-refractivity contribution in [2.24, 2.45) is 0 Å². The highest BCUT2D eigenvalue weighted by Crippen LogP contribution is 2.35. The van der Waals surface area contributed by atoms with Crippen molar-refractivity contribution in [1.29, 1.82) is 0 Å². The summed E-state index contributed by atoms with van der Waals surface area (Å²) in [6, 6.07) is 4.78. The molecule has 0 aliphatic carbocycles. The van der Waals surface area contributed by atoms with E-state index in [-0.39, 0.29) is 5.75 Å². The maximum atomic E-state index is 12.7. The fraction of sp³-hybridized carbons (Fsp3) is 0.417. The third kappa shape index (κ3) is 3.34. The first-order valence-corrected chi connectivity index (χ1v) is 5.87.